The van der Waals surface area contributed by atoms with Crippen molar-refractivity contribution in [1.29, 1.82) is 0 Å². The van der Waals surface area contributed by atoms with Crippen LogP contribution in [0.1, 0.15) is 12.0 Å². The molecule has 2 aromatic carbocycles. The number of benzene rings is 2. The minimum absolute atomic E-state index is 0.302. The van der Waals surface area contributed by atoms with Gasteiger partial charge in [-0.1, -0.05) is 23.7 Å². The van der Waals surface area contributed by atoms with E-state index in [0.717, 1.165) is 11.8 Å². The average Bonchev–Trinajstić information content (AvgIpc) is 3.00. The summed E-state index contributed by atoms with van der Waals surface area (Å²) in [5.41, 5.74) is 0.630. The van der Waals surface area contributed by atoms with E-state index in [0.29, 0.717) is 52.4 Å². The van der Waals surface area contributed by atoms with Crippen molar-refractivity contribution in [1.82, 2.24) is 5.32 Å². The van der Waals surface area contributed by atoms with E-state index in [1.807, 2.05) is 24.3 Å². The van der Waals surface area contributed by atoms with Gasteiger partial charge in [-0.05, 0) is 48.2 Å². The number of carbonyl (C=O) groups excluding carboxylic acids is 2. The smallest absolute Gasteiger partial charge is 0.290 e. The lowest BCUT2D eigenvalue weighted by atomic mass is 10.2. The summed E-state index contributed by atoms with van der Waals surface area (Å²) in [4.78, 5) is 23.4. The molecule has 1 aliphatic rings. The summed E-state index contributed by atoms with van der Waals surface area (Å²) in [7, 11) is 1.60. The highest BCUT2D eigenvalue weighted by Crippen LogP contribution is 2.31. The summed E-state index contributed by atoms with van der Waals surface area (Å²) in [6, 6.07) is 12.6. The van der Waals surface area contributed by atoms with Crippen molar-refractivity contribution < 1.29 is 23.8 Å². The van der Waals surface area contributed by atoms with Crippen LogP contribution >= 0.6 is 23.4 Å². The van der Waals surface area contributed by atoms with Crippen LogP contribution in [0.25, 0.3) is 6.08 Å². The lowest BCUT2D eigenvalue weighted by molar-refractivity contribution is -0.115. The third kappa shape index (κ3) is 5.21. The summed E-state index contributed by atoms with van der Waals surface area (Å²) < 4.78 is 16.8. The van der Waals surface area contributed by atoms with E-state index >= 15 is 0 Å². The molecule has 2 amide bonds. The number of rotatable bonds is 8. The van der Waals surface area contributed by atoms with Crippen LogP contribution in [-0.2, 0) is 4.79 Å². The fraction of sp³-hybridized carbons (Fsp3) is 0.200. The Morgan fingerprint density at radius 3 is 2.43 bits per heavy atom. The summed E-state index contributed by atoms with van der Waals surface area (Å²) in [6.45, 7) is 0.863. The lowest BCUT2D eigenvalue weighted by Crippen LogP contribution is -2.17. The number of ether oxygens (including phenoxy) is 3. The summed E-state index contributed by atoms with van der Waals surface area (Å²) in [5, 5.41) is 2.34. The Balaban J connectivity index is 1.58. The highest BCUT2D eigenvalue weighted by molar-refractivity contribution is 8.18. The zero-order chi connectivity index (χ0) is 19.9. The van der Waals surface area contributed by atoms with Crippen molar-refractivity contribution in [2.75, 3.05) is 20.3 Å². The van der Waals surface area contributed by atoms with Gasteiger partial charge in [-0.2, -0.15) is 0 Å². The number of hydrogen-bond acceptors (Lipinski definition) is 6. The van der Waals surface area contributed by atoms with Gasteiger partial charge in [0, 0.05) is 17.0 Å². The maximum absolute atomic E-state index is 11.7. The predicted octanol–water partition coefficient (Wildman–Crippen LogP) is 4.52. The SMILES string of the molecule is COc1ccccc1OCCCOc1ccc(Cl)cc1/C=C1\SC(=O)NC1=O. The van der Waals surface area contributed by atoms with Gasteiger partial charge in [0.15, 0.2) is 11.5 Å². The number of thioether (sulfide) groups is 1. The van der Waals surface area contributed by atoms with Crippen LogP contribution in [0.3, 0.4) is 0 Å². The number of imide groups is 1. The van der Waals surface area contributed by atoms with E-state index < -0.39 is 11.1 Å². The molecule has 0 saturated carbocycles. The second-order valence-corrected chi connectivity index (χ2v) is 7.19. The molecule has 28 heavy (non-hydrogen) atoms. The Morgan fingerprint density at radius 2 is 1.75 bits per heavy atom. The molecule has 0 aliphatic carbocycles. The molecule has 6 nitrogen and oxygen atoms in total. The molecular weight excluding hydrogens is 402 g/mol. The molecule has 0 bridgehead atoms. The van der Waals surface area contributed by atoms with Gasteiger partial charge in [-0.25, -0.2) is 0 Å². The molecule has 0 aromatic heterocycles. The van der Waals surface area contributed by atoms with Crippen molar-refractivity contribution in [2.45, 2.75) is 6.42 Å². The Hall–Kier alpha value is -2.64. The van der Waals surface area contributed by atoms with Crippen LogP contribution in [-0.4, -0.2) is 31.5 Å². The first-order valence-corrected chi connectivity index (χ1v) is 9.69. The second kappa shape index (κ2) is 9.52. The topological polar surface area (TPSA) is 73.9 Å². The molecule has 8 heteroatoms. The molecule has 0 radical (unpaired) electrons. The quantitative estimate of drug-likeness (QED) is 0.501. The van der Waals surface area contributed by atoms with Crippen molar-refractivity contribution in [3.63, 3.8) is 0 Å². The molecular formula is C20H18ClNO5S. The summed E-state index contributed by atoms with van der Waals surface area (Å²) in [6.07, 6.45) is 2.24. The van der Waals surface area contributed by atoms with E-state index in [9.17, 15) is 9.59 Å². The van der Waals surface area contributed by atoms with E-state index in [-0.39, 0.29) is 0 Å². The minimum atomic E-state index is -0.425. The largest absolute Gasteiger partial charge is 0.493 e. The molecule has 3 rings (SSSR count). The molecule has 1 N–H and O–H groups in total. The third-order valence-electron chi connectivity index (χ3n) is 3.77. The normalized spacial score (nSPS) is 14.9. The van der Waals surface area contributed by atoms with Crippen LogP contribution in [0, 0.1) is 0 Å². The standard InChI is InChI=1S/C20H18ClNO5S/c1-25-16-5-2-3-6-17(16)27-10-4-9-26-15-8-7-14(21)11-13(15)12-18-19(23)22-20(24)28-18/h2-3,5-8,11-12H,4,9-10H2,1H3,(H,22,23,24)/b18-12-. The van der Waals surface area contributed by atoms with E-state index in [4.69, 9.17) is 25.8 Å². The maximum Gasteiger partial charge on any atom is 0.290 e. The molecule has 2 aromatic rings. The van der Waals surface area contributed by atoms with Gasteiger partial charge in [0.25, 0.3) is 11.1 Å². The second-order valence-electron chi connectivity index (χ2n) is 5.74. The fourth-order valence-corrected chi connectivity index (χ4v) is 3.34. The molecule has 146 valence electrons. The summed E-state index contributed by atoms with van der Waals surface area (Å²) in [5.74, 6) is 1.50. The van der Waals surface area contributed by atoms with Crippen LogP contribution in [0.15, 0.2) is 47.4 Å². The van der Waals surface area contributed by atoms with Crippen molar-refractivity contribution in [3.8, 4) is 17.2 Å². The van der Waals surface area contributed by atoms with Crippen molar-refractivity contribution in [2.24, 2.45) is 0 Å². The number of para-hydroxylation sites is 2. The third-order valence-corrected chi connectivity index (χ3v) is 4.82. The number of carbonyl (C=O) groups is 2. The van der Waals surface area contributed by atoms with Crippen LogP contribution in [0.4, 0.5) is 4.79 Å². The number of nitrogens with one attached hydrogen (secondary N) is 1. The predicted molar refractivity (Wildman–Crippen MR) is 109 cm³/mol. The molecule has 0 atom stereocenters. The van der Waals surface area contributed by atoms with E-state index in [2.05, 4.69) is 5.32 Å². The van der Waals surface area contributed by atoms with Crippen LogP contribution < -0.4 is 19.5 Å². The zero-order valence-electron chi connectivity index (χ0n) is 15.1. The Bertz CT molecular complexity index is 915. The molecule has 1 heterocycles. The van der Waals surface area contributed by atoms with Crippen molar-refractivity contribution in [3.05, 3.63) is 58.0 Å². The molecule has 1 saturated heterocycles. The van der Waals surface area contributed by atoms with Gasteiger partial charge in [-0.15, -0.1) is 0 Å². The van der Waals surface area contributed by atoms with Gasteiger partial charge in [0.2, 0.25) is 0 Å². The summed E-state index contributed by atoms with van der Waals surface area (Å²) >= 11 is 6.90. The molecule has 0 unspecified atom stereocenters. The van der Waals surface area contributed by atoms with Gasteiger partial charge >= 0.3 is 0 Å². The van der Waals surface area contributed by atoms with Gasteiger partial charge in [0.1, 0.15) is 5.75 Å². The monoisotopic (exact) mass is 419 g/mol. The highest BCUT2D eigenvalue weighted by Gasteiger charge is 2.25. The lowest BCUT2D eigenvalue weighted by Gasteiger charge is -2.12. The first-order chi connectivity index (χ1) is 13.6. The highest BCUT2D eigenvalue weighted by atomic mass is 35.5. The first kappa shape index (κ1) is 20.1. The number of hydrogen-bond donors (Lipinski definition) is 1. The van der Waals surface area contributed by atoms with E-state index in [1.54, 1.807) is 31.4 Å². The van der Waals surface area contributed by atoms with Crippen LogP contribution in [0.5, 0.6) is 17.2 Å². The first-order valence-electron chi connectivity index (χ1n) is 8.50. The maximum atomic E-state index is 11.7. The zero-order valence-corrected chi connectivity index (χ0v) is 16.6. The van der Waals surface area contributed by atoms with Crippen molar-refractivity contribution >= 4 is 40.6 Å². The Morgan fingerprint density at radius 1 is 1.04 bits per heavy atom. The molecule has 1 aliphatic heterocycles. The molecule has 1 fully saturated rings. The number of methoxy groups -OCH3 is 1. The molecule has 0 spiro atoms. The average molecular weight is 420 g/mol. The van der Waals surface area contributed by atoms with Gasteiger partial charge in [0.05, 0.1) is 25.2 Å². The fourth-order valence-electron chi connectivity index (χ4n) is 2.49. The number of halogens is 1. The van der Waals surface area contributed by atoms with Gasteiger partial charge < -0.3 is 14.2 Å². The van der Waals surface area contributed by atoms with Gasteiger partial charge in [-0.3, -0.25) is 14.9 Å². The Labute approximate surface area is 171 Å². The van der Waals surface area contributed by atoms with E-state index in [1.165, 1.54) is 0 Å². The van der Waals surface area contributed by atoms with Crippen LogP contribution in [0.2, 0.25) is 5.02 Å². The minimum Gasteiger partial charge on any atom is -0.493 e. The Kier molecular flexibility index (Phi) is 6.84. The number of amides is 2.